The summed E-state index contributed by atoms with van der Waals surface area (Å²) in [6, 6.07) is 12.0. The van der Waals surface area contributed by atoms with Crippen molar-refractivity contribution in [3.63, 3.8) is 0 Å². The minimum Gasteiger partial charge on any atom is -0.0776 e. The number of rotatable bonds is 0. The van der Waals surface area contributed by atoms with Crippen molar-refractivity contribution in [1.82, 2.24) is 0 Å². The third kappa shape index (κ3) is 8.32. The van der Waals surface area contributed by atoms with Crippen LogP contribution in [0.3, 0.4) is 0 Å². The molecule has 0 aliphatic carbocycles. The molecule has 0 aliphatic rings. The van der Waals surface area contributed by atoms with Gasteiger partial charge in [-0.05, 0) is 0 Å². The molecule has 1 rings (SSSR count). The molecule has 0 saturated heterocycles. The maximum absolute atomic E-state index is 2.00. The van der Waals surface area contributed by atoms with Crippen molar-refractivity contribution in [2.24, 2.45) is 0 Å². The summed E-state index contributed by atoms with van der Waals surface area (Å²) in [5.41, 5.74) is 0. The van der Waals surface area contributed by atoms with Crippen LogP contribution in [0.2, 0.25) is 0 Å². The molecule has 0 aromatic heterocycles. The predicted octanol–water partition coefficient (Wildman–Crippen LogP) is 2.96. The third-order valence-corrected chi connectivity index (χ3v) is 0.667. The molecule has 1 aromatic rings. The van der Waals surface area contributed by atoms with Crippen LogP contribution in [0, 0.1) is 0 Å². The van der Waals surface area contributed by atoms with E-state index in [0.717, 1.165) is 0 Å². The molecule has 0 fully saturated rings. The van der Waals surface area contributed by atoms with Gasteiger partial charge in [0.15, 0.2) is 0 Å². The molecule has 1 radical (unpaired) electrons. The second kappa shape index (κ2) is 11.2. The normalized spacial score (nSPS) is 5.33. The Morgan fingerprint density at radius 3 is 0.667 bits per heavy atom. The first kappa shape index (κ1) is 16.2. The first-order valence-corrected chi connectivity index (χ1v) is 2.00. The average molecular weight is 199 g/mol. The molecule has 0 heterocycles. The number of hydrogen-bond acceptors (Lipinski definition) is 0. The van der Waals surface area contributed by atoms with Crippen LogP contribution in [0.4, 0.5) is 0 Å². The standard InChI is InChI=1S/C6H6.2CH4.Y/c1-2-4-6-5-3-1;;;/h1-6H;2*1H4;. The maximum Gasteiger partial charge on any atom is 0 e. The van der Waals surface area contributed by atoms with Crippen molar-refractivity contribution in [3.05, 3.63) is 36.4 Å². The summed E-state index contributed by atoms with van der Waals surface area (Å²) in [6.07, 6.45) is 0. The van der Waals surface area contributed by atoms with E-state index in [1.165, 1.54) is 0 Å². The first-order chi connectivity index (χ1) is 3.00. The SMILES string of the molecule is C.C.[Y].c1ccccc1. The summed E-state index contributed by atoms with van der Waals surface area (Å²) < 4.78 is 0. The van der Waals surface area contributed by atoms with Crippen molar-refractivity contribution in [3.8, 4) is 0 Å². The Bertz CT molecular complexity index is 76.5. The second-order valence-corrected chi connectivity index (χ2v) is 1.15. The van der Waals surface area contributed by atoms with Gasteiger partial charge in [-0.2, -0.15) is 0 Å². The molecule has 9 heavy (non-hydrogen) atoms. The molecule has 0 spiro atoms. The van der Waals surface area contributed by atoms with Gasteiger partial charge in [0.2, 0.25) is 0 Å². The second-order valence-electron chi connectivity index (χ2n) is 1.15. The smallest absolute Gasteiger partial charge is 0 e. The molecular formula is C8H14Y. The van der Waals surface area contributed by atoms with Crippen LogP contribution < -0.4 is 0 Å². The van der Waals surface area contributed by atoms with E-state index in [1.807, 2.05) is 36.4 Å². The molecule has 0 nitrogen and oxygen atoms in total. The third-order valence-electron chi connectivity index (χ3n) is 0.667. The zero-order valence-electron chi connectivity index (χ0n) is 4.04. The van der Waals surface area contributed by atoms with Gasteiger partial charge >= 0.3 is 0 Å². The van der Waals surface area contributed by atoms with E-state index in [2.05, 4.69) is 0 Å². The van der Waals surface area contributed by atoms with Crippen LogP contribution >= 0.6 is 0 Å². The zero-order valence-corrected chi connectivity index (χ0v) is 6.88. The number of hydrogen-bond donors (Lipinski definition) is 0. The van der Waals surface area contributed by atoms with Gasteiger partial charge in [0.05, 0.1) is 0 Å². The van der Waals surface area contributed by atoms with Crippen LogP contribution in [0.5, 0.6) is 0 Å². The molecule has 0 bridgehead atoms. The summed E-state index contributed by atoms with van der Waals surface area (Å²) in [7, 11) is 0. The van der Waals surface area contributed by atoms with Crippen molar-refractivity contribution >= 4 is 0 Å². The Kier molecular flexibility index (Phi) is 20.0. The average Bonchev–Trinajstić information content (AvgIpc) is 1.72. The van der Waals surface area contributed by atoms with Gasteiger partial charge in [0, 0.05) is 32.7 Å². The quantitative estimate of drug-likeness (QED) is 0.602. The fourth-order valence-corrected chi connectivity index (χ4v) is 0.385. The van der Waals surface area contributed by atoms with E-state index in [-0.39, 0.29) is 47.6 Å². The van der Waals surface area contributed by atoms with Crippen molar-refractivity contribution in [2.75, 3.05) is 0 Å². The van der Waals surface area contributed by atoms with Gasteiger partial charge in [0.1, 0.15) is 0 Å². The molecule has 0 amide bonds. The Morgan fingerprint density at radius 2 is 0.556 bits per heavy atom. The van der Waals surface area contributed by atoms with Crippen LogP contribution in [-0.2, 0) is 32.7 Å². The van der Waals surface area contributed by atoms with Crippen LogP contribution in [0.15, 0.2) is 36.4 Å². The summed E-state index contributed by atoms with van der Waals surface area (Å²) >= 11 is 0. The fraction of sp³-hybridized carbons (Fsp3) is 0.250. The van der Waals surface area contributed by atoms with Crippen LogP contribution in [0.25, 0.3) is 0 Å². The summed E-state index contributed by atoms with van der Waals surface area (Å²) in [5, 5.41) is 0. The fourth-order valence-electron chi connectivity index (χ4n) is 0.385. The summed E-state index contributed by atoms with van der Waals surface area (Å²) in [4.78, 5) is 0. The van der Waals surface area contributed by atoms with Gasteiger partial charge in [-0.15, -0.1) is 0 Å². The minimum absolute atomic E-state index is 0. The Labute approximate surface area is 83.6 Å². The van der Waals surface area contributed by atoms with Crippen LogP contribution in [0.1, 0.15) is 14.9 Å². The van der Waals surface area contributed by atoms with E-state index in [4.69, 9.17) is 0 Å². The number of benzene rings is 1. The first-order valence-electron chi connectivity index (χ1n) is 2.00. The minimum atomic E-state index is 0. The predicted molar refractivity (Wildman–Crippen MR) is 39.9 cm³/mol. The maximum atomic E-state index is 2.00. The van der Waals surface area contributed by atoms with Crippen molar-refractivity contribution in [2.45, 2.75) is 14.9 Å². The largest absolute Gasteiger partial charge is 0.0776 e. The summed E-state index contributed by atoms with van der Waals surface area (Å²) in [5.74, 6) is 0. The van der Waals surface area contributed by atoms with Crippen molar-refractivity contribution < 1.29 is 32.7 Å². The van der Waals surface area contributed by atoms with Crippen molar-refractivity contribution in [1.29, 1.82) is 0 Å². The van der Waals surface area contributed by atoms with Gasteiger partial charge in [-0.3, -0.25) is 0 Å². The van der Waals surface area contributed by atoms with E-state index in [9.17, 15) is 0 Å². The molecule has 0 N–H and O–H groups in total. The molecule has 0 atom stereocenters. The van der Waals surface area contributed by atoms with E-state index in [1.54, 1.807) is 0 Å². The Morgan fingerprint density at radius 1 is 0.444 bits per heavy atom. The molecule has 0 unspecified atom stereocenters. The monoisotopic (exact) mass is 199 g/mol. The van der Waals surface area contributed by atoms with E-state index >= 15 is 0 Å². The van der Waals surface area contributed by atoms with Gasteiger partial charge < -0.3 is 0 Å². The zero-order chi connectivity index (χ0) is 4.24. The molecular weight excluding hydrogens is 185 g/mol. The Hall–Kier alpha value is 0.324. The van der Waals surface area contributed by atoms with Gasteiger partial charge in [-0.1, -0.05) is 51.3 Å². The molecule has 0 aliphatic heterocycles. The molecule has 1 aromatic carbocycles. The van der Waals surface area contributed by atoms with E-state index < -0.39 is 0 Å². The topological polar surface area (TPSA) is 0 Å². The summed E-state index contributed by atoms with van der Waals surface area (Å²) in [6.45, 7) is 0. The van der Waals surface area contributed by atoms with Crippen LogP contribution in [-0.4, -0.2) is 0 Å². The van der Waals surface area contributed by atoms with E-state index in [0.29, 0.717) is 0 Å². The Balaban J connectivity index is -0.000000120. The molecule has 0 saturated carbocycles. The molecule has 1 heteroatoms. The van der Waals surface area contributed by atoms with Gasteiger partial charge in [-0.25, -0.2) is 0 Å². The molecule has 49 valence electrons. The van der Waals surface area contributed by atoms with Gasteiger partial charge in [0.25, 0.3) is 0 Å².